The van der Waals surface area contributed by atoms with Gasteiger partial charge in [0.05, 0.1) is 11.8 Å². The normalized spacial score (nSPS) is 20.3. The van der Waals surface area contributed by atoms with E-state index in [1.807, 2.05) is 0 Å². The molecule has 7 nitrogen and oxygen atoms in total. The highest BCUT2D eigenvalue weighted by Crippen LogP contribution is 2.25. The summed E-state index contributed by atoms with van der Waals surface area (Å²) in [6, 6.07) is 6.97. The molecule has 8 heteroatoms. The van der Waals surface area contributed by atoms with Crippen LogP contribution in [0.1, 0.15) is 53.4 Å². The maximum atomic E-state index is 13.4. The highest BCUT2D eigenvalue weighted by molar-refractivity contribution is 5.97. The van der Waals surface area contributed by atoms with Gasteiger partial charge in [0.1, 0.15) is 17.5 Å². The number of hydrogen-bond acceptors (Lipinski definition) is 5. The predicted molar refractivity (Wildman–Crippen MR) is 107 cm³/mol. The number of alkyl carbamates (subject to hydrolysis) is 1. The first-order chi connectivity index (χ1) is 13.6. The van der Waals surface area contributed by atoms with Crippen LogP contribution in [0.5, 0.6) is 0 Å². The fourth-order valence-corrected chi connectivity index (χ4v) is 3.13. The van der Waals surface area contributed by atoms with E-state index in [1.54, 1.807) is 27.7 Å². The topological polar surface area (TPSA) is 94.5 Å². The maximum absolute atomic E-state index is 13.4. The molecule has 1 aliphatic carbocycles. The second kappa shape index (κ2) is 9.70. The zero-order valence-electron chi connectivity index (χ0n) is 17.4. The van der Waals surface area contributed by atoms with Gasteiger partial charge in [0.2, 0.25) is 0 Å². The Labute approximate surface area is 171 Å². The van der Waals surface area contributed by atoms with Crippen molar-refractivity contribution in [2.75, 3.05) is 5.01 Å². The molecule has 0 unspecified atom stereocenters. The molecule has 1 aromatic carbocycles. The number of nitriles is 1. The molecule has 2 N–H and O–H groups in total. The highest BCUT2D eigenvalue weighted by atomic mass is 19.1. The molecule has 0 spiro atoms. The lowest BCUT2D eigenvalue weighted by atomic mass is 9.87. The zero-order chi connectivity index (χ0) is 21.6. The fourth-order valence-electron chi connectivity index (χ4n) is 3.13. The molecule has 0 aromatic heterocycles. The van der Waals surface area contributed by atoms with E-state index in [9.17, 15) is 14.0 Å². The Bertz CT molecular complexity index is 747. The van der Waals surface area contributed by atoms with Crippen LogP contribution >= 0.6 is 0 Å². The van der Waals surface area contributed by atoms with Crippen molar-refractivity contribution < 1.29 is 18.7 Å². The number of hydrazine groups is 1. The minimum atomic E-state index is -0.863. The lowest BCUT2D eigenvalue weighted by molar-refractivity contribution is -0.121. The van der Waals surface area contributed by atoms with Gasteiger partial charge < -0.3 is 10.1 Å². The second-order valence-corrected chi connectivity index (χ2v) is 8.32. The van der Waals surface area contributed by atoms with E-state index in [1.165, 1.54) is 29.3 Å². The Morgan fingerprint density at radius 3 is 2.31 bits per heavy atom. The van der Waals surface area contributed by atoms with Gasteiger partial charge in [-0.15, -0.1) is 0 Å². The van der Waals surface area contributed by atoms with E-state index in [0.29, 0.717) is 5.69 Å². The molecule has 2 amide bonds. The zero-order valence-corrected chi connectivity index (χ0v) is 17.4. The molecule has 1 saturated carbocycles. The molecule has 1 aromatic rings. The molecule has 1 atom stereocenters. The van der Waals surface area contributed by atoms with Crippen LogP contribution in [-0.2, 0) is 9.53 Å². The minimum Gasteiger partial charge on any atom is -0.444 e. The van der Waals surface area contributed by atoms with Crippen molar-refractivity contribution in [1.82, 2.24) is 10.7 Å². The molecule has 158 valence electrons. The molecule has 2 rings (SSSR count). The Balaban J connectivity index is 2.11. The fraction of sp³-hybridized carbons (Fsp3) is 0.571. The summed E-state index contributed by atoms with van der Waals surface area (Å²) in [6.45, 7) is 6.78. The van der Waals surface area contributed by atoms with Crippen molar-refractivity contribution in [2.24, 2.45) is 5.92 Å². The van der Waals surface area contributed by atoms with Gasteiger partial charge in [0.15, 0.2) is 0 Å². The molecule has 0 aliphatic heterocycles. The quantitative estimate of drug-likeness (QED) is 0.731. The summed E-state index contributed by atoms with van der Waals surface area (Å²) in [4.78, 5) is 25.1. The van der Waals surface area contributed by atoms with Crippen LogP contribution in [0.25, 0.3) is 0 Å². The summed E-state index contributed by atoms with van der Waals surface area (Å²) in [6.07, 6.45) is 2.32. The third-order valence-corrected chi connectivity index (χ3v) is 4.63. The van der Waals surface area contributed by atoms with Crippen molar-refractivity contribution in [2.45, 2.75) is 71.1 Å². The van der Waals surface area contributed by atoms with E-state index >= 15 is 0 Å². The van der Waals surface area contributed by atoms with Gasteiger partial charge in [-0.25, -0.2) is 19.6 Å². The number of halogens is 1. The van der Waals surface area contributed by atoms with Crippen LogP contribution in [0.15, 0.2) is 24.3 Å². The number of amides is 2. The van der Waals surface area contributed by atoms with Crippen molar-refractivity contribution in [3.8, 4) is 6.07 Å². The van der Waals surface area contributed by atoms with Crippen LogP contribution in [0.4, 0.5) is 14.9 Å². The molecule has 0 radical (unpaired) electrons. The molecule has 1 aliphatic rings. The lowest BCUT2D eigenvalue weighted by Gasteiger charge is -2.33. The number of rotatable bonds is 5. The SMILES string of the molecule is C[C@H](NC(=O)OC(C)(C)C)C(=O)N(NC1CCC(C#N)CC1)c1ccc(F)cc1. The monoisotopic (exact) mass is 404 g/mol. The van der Waals surface area contributed by atoms with E-state index in [2.05, 4.69) is 16.8 Å². The van der Waals surface area contributed by atoms with Crippen LogP contribution in [0.3, 0.4) is 0 Å². The molecular formula is C21H29FN4O3. The third-order valence-electron chi connectivity index (χ3n) is 4.63. The van der Waals surface area contributed by atoms with Gasteiger partial charge in [-0.3, -0.25) is 4.79 Å². The van der Waals surface area contributed by atoms with Crippen LogP contribution in [0.2, 0.25) is 0 Å². The van der Waals surface area contributed by atoms with Crippen LogP contribution < -0.4 is 15.8 Å². The minimum absolute atomic E-state index is 0.00216. The Hall–Kier alpha value is -2.66. The molecule has 0 bridgehead atoms. The first kappa shape index (κ1) is 22.6. The Morgan fingerprint density at radius 2 is 1.79 bits per heavy atom. The number of ether oxygens (including phenoxy) is 1. The summed E-state index contributed by atoms with van der Waals surface area (Å²) >= 11 is 0. The number of benzene rings is 1. The van der Waals surface area contributed by atoms with Gasteiger partial charge >= 0.3 is 6.09 Å². The first-order valence-corrected chi connectivity index (χ1v) is 9.84. The molecule has 29 heavy (non-hydrogen) atoms. The summed E-state index contributed by atoms with van der Waals surface area (Å²) in [7, 11) is 0. The standard InChI is InChI=1S/C21H29FN4O3/c1-14(24-20(28)29-21(2,3)4)19(27)26(18-11-7-16(22)8-12-18)25-17-9-5-15(13-23)6-10-17/h7-8,11-12,14-15,17,25H,5-6,9-10H2,1-4H3,(H,24,28)/t14-,15?,17?/m0/s1. The number of carbonyl (C=O) groups is 2. The van der Waals surface area contributed by atoms with Crippen molar-refractivity contribution in [3.63, 3.8) is 0 Å². The smallest absolute Gasteiger partial charge is 0.408 e. The van der Waals surface area contributed by atoms with E-state index in [-0.39, 0.29) is 12.0 Å². The lowest BCUT2D eigenvalue weighted by Crippen LogP contribution is -2.56. The van der Waals surface area contributed by atoms with E-state index in [0.717, 1.165) is 25.7 Å². The number of nitrogens with one attached hydrogen (secondary N) is 2. The van der Waals surface area contributed by atoms with Gasteiger partial charge in [0.25, 0.3) is 5.91 Å². The van der Waals surface area contributed by atoms with Gasteiger partial charge in [-0.1, -0.05) is 0 Å². The van der Waals surface area contributed by atoms with Crippen LogP contribution in [-0.4, -0.2) is 29.7 Å². The van der Waals surface area contributed by atoms with Gasteiger partial charge in [-0.2, -0.15) is 5.26 Å². The number of anilines is 1. The summed E-state index contributed by atoms with van der Waals surface area (Å²) in [5.41, 5.74) is 2.99. The van der Waals surface area contributed by atoms with Crippen LogP contribution in [0, 0.1) is 23.1 Å². The number of nitrogens with zero attached hydrogens (tertiary/aromatic N) is 2. The largest absolute Gasteiger partial charge is 0.444 e. The molecule has 0 saturated heterocycles. The second-order valence-electron chi connectivity index (χ2n) is 8.32. The number of carbonyl (C=O) groups excluding carboxylic acids is 2. The molecule has 1 fully saturated rings. The summed E-state index contributed by atoms with van der Waals surface area (Å²) < 4.78 is 18.6. The van der Waals surface area contributed by atoms with E-state index < -0.39 is 29.5 Å². The molecule has 0 heterocycles. The maximum Gasteiger partial charge on any atom is 0.408 e. The third kappa shape index (κ3) is 7.02. The van der Waals surface area contributed by atoms with Gasteiger partial charge in [-0.05, 0) is 77.6 Å². The average molecular weight is 404 g/mol. The average Bonchev–Trinajstić information content (AvgIpc) is 2.65. The van der Waals surface area contributed by atoms with Crippen molar-refractivity contribution >= 4 is 17.7 Å². The summed E-state index contributed by atoms with van der Waals surface area (Å²) in [5, 5.41) is 13.0. The van der Waals surface area contributed by atoms with Gasteiger partial charge in [0, 0.05) is 12.0 Å². The Morgan fingerprint density at radius 1 is 1.21 bits per heavy atom. The molecular weight excluding hydrogens is 375 g/mol. The van der Waals surface area contributed by atoms with Crippen molar-refractivity contribution in [3.05, 3.63) is 30.1 Å². The predicted octanol–water partition coefficient (Wildman–Crippen LogP) is 3.66. The van der Waals surface area contributed by atoms with Crippen molar-refractivity contribution in [1.29, 1.82) is 5.26 Å². The highest BCUT2D eigenvalue weighted by Gasteiger charge is 2.29. The summed E-state index contributed by atoms with van der Waals surface area (Å²) in [5.74, 6) is -0.767. The Kier molecular flexibility index (Phi) is 7.57. The first-order valence-electron chi connectivity index (χ1n) is 9.84. The van der Waals surface area contributed by atoms with E-state index in [4.69, 9.17) is 10.00 Å². The number of hydrogen-bond donors (Lipinski definition) is 2.